The van der Waals surface area contributed by atoms with Gasteiger partial charge in [0.15, 0.2) is 0 Å². The molecule has 1 nitrogen and oxygen atoms in total. The number of nitrogens with zero attached hydrogens (tertiary/aromatic N) is 1. The molecule has 0 aliphatic carbocycles. The molecule has 3 heteroatoms. The summed E-state index contributed by atoms with van der Waals surface area (Å²) in [4.78, 5) is 2.18. The molecule has 0 unspecified atom stereocenters. The normalized spacial score (nSPS) is 31.1. The van der Waals surface area contributed by atoms with Gasteiger partial charge in [-0.2, -0.15) is 8.78 Å². The number of hydrogen-bond donors (Lipinski definition) is 0. The quantitative estimate of drug-likeness (QED) is 0.583. The fourth-order valence-electron chi connectivity index (χ4n) is 2.42. The minimum absolute atomic E-state index is 0.0543. The molecule has 0 aromatic rings. The fraction of sp³-hybridized carbons (Fsp3) is 0.818. The predicted octanol–water partition coefficient (Wildman–Crippen LogP) is 3.42. The van der Waals surface area contributed by atoms with Crippen LogP contribution in [0.1, 0.15) is 40.0 Å². The van der Waals surface area contributed by atoms with E-state index in [0.717, 1.165) is 19.4 Å². The van der Waals surface area contributed by atoms with Gasteiger partial charge in [-0.1, -0.05) is 13.8 Å². The van der Waals surface area contributed by atoms with Crippen molar-refractivity contribution in [3.63, 3.8) is 0 Å². The van der Waals surface area contributed by atoms with Gasteiger partial charge in [-0.15, -0.1) is 0 Å². The summed E-state index contributed by atoms with van der Waals surface area (Å²) in [6.45, 7) is 7.59. The van der Waals surface area contributed by atoms with Gasteiger partial charge in [0.05, 0.1) is 0 Å². The van der Waals surface area contributed by atoms with Crippen molar-refractivity contribution in [1.82, 2.24) is 4.90 Å². The Labute approximate surface area is 84.8 Å². The van der Waals surface area contributed by atoms with Gasteiger partial charge in [-0.05, 0) is 32.7 Å². The third kappa shape index (κ3) is 1.97. The molecule has 2 saturated heterocycles. The van der Waals surface area contributed by atoms with Crippen molar-refractivity contribution in [3.8, 4) is 0 Å². The Balaban J connectivity index is 0.000000461. The van der Waals surface area contributed by atoms with Crippen LogP contribution < -0.4 is 0 Å². The van der Waals surface area contributed by atoms with Crippen molar-refractivity contribution in [2.24, 2.45) is 0 Å². The van der Waals surface area contributed by atoms with Crippen LogP contribution in [0.15, 0.2) is 11.7 Å². The summed E-state index contributed by atoms with van der Waals surface area (Å²) < 4.78 is 24.5. The molecule has 1 atom stereocenters. The molecule has 0 aromatic heterocycles. The summed E-state index contributed by atoms with van der Waals surface area (Å²) in [6.07, 6.45) is 1.36. The second-order valence-corrected chi connectivity index (χ2v) is 4.06. The van der Waals surface area contributed by atoms with Crippen molar-refractivity contribution in [2.45, 2.75) is 45.6 Å². The molecule has 14 heavy (non-hydrogen) atoms. The molecule has 82 valence electrons. The van der Waals surface area contributed by atoms with Gasteiger partial charge < -0.3 is 0 Å². The van der Waals surface area contributed by atoms with E-state index in [1.54, 1.807) is 0 Å². The molecular weight excluding hydrogens is 184 g/mol. The van der Waals surface area contributed by atoms with E-state index < -0.39 is 6.08 Å². The lowest BCUT2D eigenvalue weighted by atomic mass is 9.95. The monoisotopic (exact) mass is 203 g/mol. The zero-order chi connectivity index (χ0) is 10.8. The third-order valence-electron chi connectivity index (χ3n) is 3.15. The first kappa shape index (κ1) is 11.6. The predicted molar refractivity (Wildman–Crippen MR) is 54.4 cm³/mol. The van der Waals surface area contributed by atoms with E-state index in [4.69, 9.17) is 0 Å². The van der Waals surface area contributed by atoms with Gasteiger partial charge in [0.1, 0.15) is 0 Å². The minimum Gasteiger partial charge on any atom is -0.293 e. The first-order valence-electron chi connectivity index (χ1n) is 5.40. The van der Waals surface area contributed by atoms with Crippen molar-refractivity contribution < 1.29 is 8.78 Å². The minimum atomic E-state index is -1.45. The second-order valence-electron chi connectivity index (χ2n) is 4.06. The molecule has 0 aromatic carbocycles. The highest BCUT2D eigenvalue weighted by molar-refractivity contribution is 5.19. The van der Waals surface area contributed by atoms with Crippen LogP contribution in [0.5, 0.6) is 0 Å². The van der Waals surface area contributed by atoms with Gasteiger partial charge in [-0.25, -0.2) is 0 Å². The van der Waals surface area contributed by atoms with E-state index in [0.29, 0.717) is 18.5 Å². The van der Waals surface area contributed by atoms with E-state index in [9.17, 15) is 8.78 Å². The SMILES string of the molecule is CC.C[C@@]12CCCN1CC(=C(F)F)C2. The highest BCUT2D eigenvalue weighted by Gasteiger charge is 2.43. The van der Waals surface area contributed by atoms with E-state index in [1.165, 1.54) is 0 Å². The molecule has 2 aliphatic rings. The zero-order valence-corrected chi connectivity index (χ0v) is 9.24. The Morgan fingerprint density at radius 2 is 2.00 bits per heavy atom. The Kier molecular flexibility index (Phi) is 3.65. The van der Waals surface area contributed by atoms with E-state index in [2.05, 4.69) is 11.8 Å². The Morgan fingerprint density at radius 1 is 1.36 bits per heavy atom. The van der Waals surface area contributed by atoms with Crippen LogP contribution in [0.4, 0.5) is 8.78 Å². The molecule has 0 N–H and O–H groups in total. The van der Waals surface area contributed by atoms with Crippen molar-refractivity contribution in [3.05, 3.63) is 11.7 Å². The first-order chi connectivity index (χ1) is 6.62. The summed E-state index contributed by atoms with van der Waals surface area (Å²) in [6, 6.07) is 0. The van der Waals surface area contributed by atoms with Gasteiger partial charge in [0.25, 0.3) is 6.08 Å². The maximum absolute atomic E-state index is 12.3. The summed E-state index contributed by atoms with van der Waals surface area (Å²) in [5.41, 5.74) is 0.413. The molecule has 2 heterocycles. The van der Waals surface area contributed by atoms with Crippen molar-refractivity contribution >= 4 is 0 Å². The summed E-state index contributed by atoms with van der Waals surface area (Å²) in [5, 5.41) is 0. The highest BCUT2D eigenvalue weighted by Crippen LogP contribution is 2.41. The van der Waals surface area contributed by atoms with Crippen LogP contribution in [0.25, 0.3) is 0 Å². The van der Waals surface area contributed by atoms with Crippen LogP contribution in [0, 0.1) is 0 Å². The molecule has 0 spiro atoms. The number of fused-ring (bicyclic) bond motifs is 1. The molecule has 0 amide bonds. The van der Waals surface area contributed by atoms with E-state index >= 15 is 0 Å². The molecule has 0 bridgehead atoms. The maximum atomic E-state index is 12.3. The van der Waals surface area contributed by atoms with Crippen LogP contribution >= 0.6 is 0 Å². The lowest BCUT2D eigenvalue weighted by molar-refractivity contribution is 0.218. The number of hydrogen-bond acceptors (Lipinski definition) is 1. The smallest absolute Gasteiger partial charge is 0.270 e. The van der Waals surface area contributed by atoms with Crippen LogP contribution in [-0.4, -0.2) is 23.5 Å². The zero-order valence-electron chi connectivity index (χ0n) is 9.24. The Hall–Kier alpha value is -0.440. The second kappa shape index (κ2) is 4.39. The van der Waals surface area contributed by atoms with Crippen LogP contribution in [-0.2, 0) is 0 Å². The Morgan fingerprint density at radius 3 is 2.50 bits per heavy atom. The van der Waals surface area contributed by atoms with Crippen molar-refractivity contribution in [2.75, 3.05) is 13.1 Å². The average Bonchev–Trinajstić information content (AvgIpc) is 2.62. The van der Waals surface area contributed by atoms with Crippen LogP contribution in [0.3, 0.4) is 0 Å². The highest BCUT2D eigenvalue weighted by atomic mass is 19.3. The summed E-state index contributed by atoms with van der Waals surface area (Å²) in [7, 11) is 0. The van der Waals surface area contributed by atoms with Gasteiger partial charge in [-0.3, -0.25) is 4.90 Å². The van der Waals surface area contributed by atoms with Crippen LogP contribution in [0.2, 0.25) is 0 Å². The fourth-order valence-corrected chi connectivity index (χ4v) is 2.42. The van der Waals surface area contributed by atoms with E-state index in [-0.39, 0.29) is 5.54 Å². The Bertz CT molecular complexity index is 233. The molecular formula is C11H19F2N. The molecule has 2 aliphatic heterocycles. The molecule has 0 radical (unpaired) electrons. The summed E-state index contributed by atoms with van der Waals surface area (Å²) in [5.74, 6) is 0. The van der Waals surface area contributed by atoms with Gasteiger partial charge in [0, 0.05) is 17.7 Å². The van der Waals surface area contributed by atoms with Gasteiger partial charge in [0.2, 0.25) is 0 Å². The summed E-state index contributed by atoms with van der Waals surface area (Å²) >= 11 is 0. The number of halogens is 2. The largest absolute Gasteiger partial charge is 0.293 e. The van der Waals surface area contributed by atoms with Crippen molar-refractivity contribution in [1.29, 1.82) is 0 Å². The molecule has 2 rings (SSSR count). The van der Waals surface area contributed by atoms with Gasteiger partial charge >= 0.3 is 0 Å². The lowest BCUT2D eigenvalue weighted by Gasteiger charge is -2.25. The molecule has 0 saturated carbocycles. The number of rotatable bonds is 0. The average molecular weight is 203 g/mol. The maximum Gasteiger partial charge on any atom is 0.270 e. The topological polar surface area (TPSA) is 3.24 Å². The molecule has 2 fully saturated rings. The standard InChI is InChI=1S/C9H13F2N.C2H6/c1-9-3-2-4-12(9)6-7(5-9)8(10)11;1-2/h2-6H2,1H3;1-2H3/t9-;/m0./s1. The van der Waals surface area contributed by atoms with E-state index in [1.807, 2.05) is 13.8 Å². The third-order valence-corrected chi connectivity index (χ3v) is 3.15. The lowest BCUT2D eigenvalue weighted by Crippen LogP contribution is -2.34. The first-order valence-corrected chi connectivity index (χ1v) is 5.40.